The number of nitrogens with zero attached hydrogens (tertiary/aromatic N) is 1. The Kier molecular flexibility index (Phi) is 7.88. The monoisotopic (exact) mass is 369 g/mol. The Morgan fingerprint density at radius 3 is 2.54 bits per heavy atom. The average Bonchev–Trinajstić information content (AvgIpc) is 3.06. The van der Waals surface area contributed by atoms with Crippen LogP contribution in [0.3, 0.4) is 0 Å². The number of hydrogen-bond donors (Lipinski definition) is 2. The molecule has 1 aromatic rings. The molecular weight excluding hydrogens is 346 g/mol. The molecule has 2 N–H and O–H groups in total. The van der Waals surface area contributed by atoms with Crippen molar-refractivity contribution in [1.29, 1.82) is 0 Å². The Labute approximate surface area is 152 Å². The standard InChI is InChI=1S/C17H24ClN3O2S/c1-13(22)20-16(12-24-15-6-4-14(18)5-7-15)17(23)19-8-11-21-9-2-3-10-21/h4-7,16H,2-3,8-12H2,1H3,(H,19,23)(H,20,22). The Bertz CT molecular complexity index is 547. The van der Waals surface area contributed by atoms with Gasteiger partial charge in [-0.3, -0.25) is 9.59 Å². The van der Waals surface area contributed by atoms with Crippen LogP contribution in [-0.2, 0) is 9.59 Å². The van der Waals surface area contributed by atoms with Gasteiger partial charge in [0.25, 0.3) is 0 Å². The molecule has 5 nitrogen and oxygen atoms in total. The van der Waals surface area contributed by atoms with E-state index in [0.29, 0.717) is 17.3 Å². The molecule has 2 rings (SSSR count). The molecule has 24 heavy (non-hydrogen) atoms. The Hall–Kier alpha value is -1.24. The van der Waals surface area contributed by atoms with Crippen LogP contribution in [0.1, 0.15) is 19.8 Å². The molecule has 0 radical (unpaired) electrons. The van der Waals surface area contributed by atoms with E-state index in [9.17, 15) is 9.59 Å². The molecule has 1 aromatic carbocycles. The molecule has 1 fully saturated rings. The zero-order valence-corrected chi connectivity index (χ0v) is 15.5. The minimum atomic E-state index is -0.540. The molecule has 1 saturated heterocycles. The smallest absolute Gasteiger partial charge is 0.243 e. The zero-order chi connectivity index (χ0) is 17.4. The van der Waals surface area contributed by atoms with Gasteiger partial charge in [0, 0.05) is 35.7 Å². The molecule has 0 saturated carbocycles. The fourth-order valence-electron chi connectivity index (χ4n) is 2.61. The van der Waals surface area contributed by atoms with E-state index in [0.717, 1.165) is 24.5 Å². The molecule has 0 aliphatic carbocycles. The van der Waals surface area contributed by atoms with E-state index in [4.69, 9.17) is 11.6 Å². The first-order valence-electron chi connectivity index (χ1n) is 8.20. The van der Waals surface area contributed by atoms with Gasteiger partial charge in [0.1, 0.15) is 6.04 Å². The first-order valence-corrected chi connectivity index (χ1v) is 9.56. The van der Waals surface area contributed by atoms with Crippen molar-refractivity contribution in [2.45, 2.75) is 30.7 Å². The molecule has 1 atom stereocenters. The highest BCUT2D eigenvalue weighted by atomic mass is 35.5. The van der Waals surface area contributed by atoms with Gasteiger partial charge >= 0.3 is 0 Å². The molecule has 132 valence electrons. The van der Waals surface area contributed by atoms with Gasteiger partial charge in [-0.15, -0.1) is 11.8 Å². The second-order valence-corrected chi connectivity index (χ2v) is 7.39. The summed E-state index contributed by atoms with van der Waals surface area (Å²) >= 11 is 7.39. The summed E-state index contributed by atoms with van der Waals surface area (Å²) in [7, 11) is 0. The maximum atomic E-state index is 12.3. The quantitative estimate of drug-likeness (QED) is 0.689. The number of amides is 2. The van der Waals surface area contributed by atoms with E-state index in [1.807, 2.05) is 24.3 Å². The second-order valence-electron chi connectivity index (χ2n) is 5.86. The van der Waals surface area contributed by atoms with E-state index >= 15 is 0 Å². The van der Waals surface area contributed by atoms with Crippen LogP contribution in [0.4, 0.5) is 0 Å². The summed E-state index contributed by atoms with van der Waals surface area (Å²) in [4.78, 5) is 27.1. The van der Waals surface area contributed by atoms with Crippen LogP contribution in [0, 0.1) is 0 Å². The summed E-state index contributed by atoms with van der Waals surface area (Å²) in [5, 5.41) is 6.34. The molecule has 1 heterocycles. The van der Waals surface area contributed by atoms with Gasteiger partial charge in [0.15, 0.2) is 0 Å². The molecular formula is C17H24ClN3O2S. The molecule has 0 bridgehead atoms. The molecule has 1 aliphatic rings. The molecule has 2 amide bonds. The summed E-state index contributed by atoms with van der Waals surface area (Å²) in [6, 6.07) is 6.90. The van der Waals surface area contributed by atoms with E-state index in [2.05, 4.69) is 15.5 Å². The topological polar surface area (TPSA) is 61.4 Å². The van der Waals surface area contributed by atoms with Gasteiger partial charge in [-0.2, -0.15) is 0 Å². The van der Waals surface area contributed by atoms with Gasteiger partial charge in [0.2, 0.25) is 11.8 Å². The number of rotatable bonds is 8. The summed E-state index contributed by atoms with van der Waals surface area (Å²) in [6.07, 6.45) is 2.47. The highest BCUT2D eigenvalue weighted by molar-refractivity contribution is 7.99. The van der Waals surface area contributed by atoms with Crippen LogP contribution in [0.5, 0.6) is 0 Å². The Morgan fingerprint density at radius 1 is 1.25 bits per heavy atom. The van der Waals surface area contributed by atoms with Gasteiger partial charge in [-0.25, -0.2) is 0 Å². The van der Waals surface area contributed by atoms with Gasteiger partial charge in [-0.05, 0) is 50.2 Å². The van der Waals surface area contributed by atoms with Crippen molar-refractivity contribution >= 4 is 35.2 Å². The van der Waals surface area contributed by atoms with Crippen LogP contribution in [0.25, 0.3) is 0 Å². The van der Waals surface area contributed by atoms with Crippen molar-refractivity contribution < 1.29 is 9.59 Å². The number of carbonyl (C=O) groups excluding carboxylic acids is 2. The third-order valence-electron chi connectivity index (χ3n) is 3.85. The minimum Gasteiger partial charge on any atom is -0.353 e. The minimum absolute atomic E-state index is 0.133. The maximum Gasteiger partial charge on any atom is 0.243 e. The van der Waals surface area contributed by atoms with Crippen LogP contribution in [0.15, 0.2) is 29.2 Å². The van der Waals surface area contributed by atoms with Gasteiger partial charge < -0.3 is 15.5 Å². The van der Waals surface area contributed by atoms with Crippen LogP contribution < -0.4 is 10.6 Å². The van der Waals surface area contributed by atoms with E-state index in [-0.39, 0.29) is 11.8 Å². The first-order chi connectivity index (χ1) is 11.5. The maximum absolute atomic E-state index is 12.3. The van der Waals surface area contributed by atoms with E-state index in [1.54, 1.807) is 0 Å². The summed E-state index contributed by atoms with van der Waals surface area (Å²) in [5.41, 5.74) is 0. The number of carbonyl (C=O) groups is 2. The predicted octanol–water partition coefficient (Wildman–Crippen LogP) is 2.15. The number of halogens is 1. The number of thioether (sulfide) groups is 1. The molecule has 1 aliphatic heterocycles. The summed E-state index contributed by atoms with van der Waals surface area (Å²) in [5.74, 6) is 0.147. The lowest BCUT2D eigenvalue weighted by molar-refractivity contribution is -0.127. The lowest BCUT2D eigenvalue weighted by atomic mass is 10.3. The predicted molar refractivity (Wildman–Crippen MR) is 98.5 cm³/mol. The molecule has 0 spiro atoms. The number of nitrogens with one attached hydrogen (secondary N) is 2. The highest BCUT2D eigenvalue weighted by Crippen LogP contribution is 2.21. The van der Waals surface area contributed by atoms with Crippen molar-refractivity contribution in [3.8, 4) is 0 Å². The van der Waals surface area contributed by atoms with Crippen molar-refractivity contribution in [3.63, 3.8) is 0 Å². The molecule has 7 heteroatoms. The lowest BCUT2D eigenvalue weighted by Gasteiger charge is -2.19. The SMILES string of the molecule is CC(=O)NC(CSc1ccc(Cl)cc1)C(=O)NCCN1CCCC1. The second kappa shape index (κ2) is 9.91. The summed E-state index contributed by atoms with van der Waals surface area (Å²) < 4.78 is 0. The Morgan fingerprint density at radius 2 is 1.92 bits per heavy atom. The van der Waals surface area contributed by atoms with E-state index < -0.39 is 6.04 Å². The summed E-state index contributed by atoms with van der Waals surface area (Å²) in [6.45, 7) is 5.12. The average molecular weight is 370 g/mol. The Balaban J connectivity index is 1.80. The highest BCUT2D eigenvalue weighted by Gasteiger charge is 2.20. The van der Waals surface area contributed by atoms with Crippen LogP contribution in [0.2, 0.25) is 5.02 Å². The van der Waals surface area contributed by atoms with Crippen molar-refractivity contribution in [3.05, 3.63) is 29.3 Å². The zero-order valence-electron chi connectivity index (χ0n) is 13.9. The number of benzene rings is 1. The van der Waals surface area contributed by atoms with Crippen LogP contribution >= 0.6 is 23.4 Å². The molecule has 1 unspecified atom stereocenters. The van der Waals surface area contributed by atoms with Crippen LogP contribution in [-0.4, -0.2) is 54.7 Å². The van der Waals surface area contributed by atoms with Crippen molar-refractivity contribution in [2.24, 2.45) is 0 Å². The first kappa shape index (κ1) is 19.1. The van der Waals surface area contributed by atoms with Crippen molar-refractivity contribution in [2.75, 3.05) is 31.9 Å². The van der Waals surface area contributed by atoms with Gasteiger partial charge in [-0.1, -0.05) is 11.6 Å². The van der Waals surface area contributed by atoms with Crippen molar-refractivity contribution in [1.82, 2.24) is 15.5 Å². The number of hydrogen-bond acceptors (Lipinski definition) is 4. The number of likely N-dealkylation sites (tertiary alicyclic amines) is 1. The normalized spacial score (nSPS) is 15.9. The fourth-order valence-corrected chi connectivity index (χ4v) is 3.65. The van der Waals surface area contributed by atoms with Gasteiger partial charge in [0.05, 0.1) is 0 Å². The third-order valence-corrected chi connectivity index (χ3v) is 5.21. The lowest BCUT2D eigenvalue weighted by Crippen LogP contribution is -2.49. The van der Waals surface area contributed by atoms with E-state index in [1.165, 1.54) is 31.5 Å². The third kappa shape index (κ3) is 6.71. The molecule has 0 aromatic heterocycles. The fraction of sp³-hybridized carbons (Fsp3) is 0.529. The largest absolute Gasteiger partial charge is 0.353 e.